The summed E-state index contributed by atoms with van der Waals surface area (Å²) < 4.78 is 6.81. The number of carbonyl (C=O) groups is 1. The zero-order chi connectivity index (χ0) is 15.4. The molecule has 0 amide bonds. The summed E-state index contributed by atoms with van der Waals surface area (Å²) in [6.07, 6.45) is 3.34. The van der Waals surface area contributed by atoms with Crippen molar-refractivity contribution in [1.82, 2.24) is 25.2 Å². The molecule has 7 heteroatoms. The molecule has 3 aromatic rings. The number of tetrazole rings is 1. The van der Waals surface area contributed by atoms with Crippen molar-refractivity contribution in [3.8, 4) is 11.4 Å². The van der Waals surface area contributed by atoms with Gasteiger partial charge in [-0.05, 0) is 28.6 Å². The maximum Gasteiger partial charge on any atom is 0.338 e. The Bertz CT molecular complexity index is 768. The number of aromatic nitrogens is 5. The summed E-state index contributed by atoms with van der Waals surface area (Å²) in [7, 11) is 1.76. The van der Waals surface area contributed by atoms with E-state index in [0.717, 1.165) is 11.1 Å². The predicted octanol–water partition coefficient (Wildman–Crippen LogP) is 1.63. The second-order valence-corrected chi connectivity index (χ2v) is 4.64. The number of hydrogen-bond acceptors (Lipinski definition) is 6. The molecule has 1 aromatic carbocycles. The largest absolute Gasteiger partial charge is 0.457 e. The average molecular weight is 295 g/mol. The topological polar surface area (TPSA) is 82.8 Å². The number of aryl methyl sites for hydroxylation is 1. The van der Waals surface area contributed by atoms with Crippen LogP contribution in [0.5, 0.6) is 0 Å². The Hall–Kier alpha value is -3.09. The molecule has 3 rings (SSSR count). The van der Waals surface area contributed by atoms with Crippen LogP contribution in [-0.4, -0.2) is 31.2 Å². The SMILES string of the molecule is Cn1nnnc1-c1ccc(C(=O)OCc2cccnc2)cc1. The first-order valence-corrected chi connectivity index (χ1v) is 6.63. The van der Waals surface area contributed by atoms with Crippen molar-refractivity contribution in [3.63, 3.8) is 0 Å². The minimum absolute atomic E-state index is 0.196. The van der Waals surface area contributed by atoms with Crippen LogP contribution < -0.4 is 0 Å². The first-order chi connectivity index (χ1) is 10.7. The van der Waals surface area contributed by atoms with E-state index in [1.807, 2.05) is 6.07 Å². The molecule has 110 valence electrons. The van der Waals surface area contributed by atoms with Crippen molar-refractivity contribution in [2.75, 3.05) is 0 Å². The van der Waals surface area contributed by atoms with Gasteiger partial charge in [-0.3, -0.25) is 4.98 Å². The molecule has 2 heterocycles. The van der Waals surface area contributed by atoms with E-state index in [1.165, 1.54) is 0 Å². The van der Waals surface area contributed by atoms with Gasteiger partial charge < -0.3 is 4.74 Å². The highest BCUT2D eigenvalue weighted by Crippen LogP contribution is 2.16. The van der Waals surface area contributed by atoms with Gasteiger partial charge in [0.2, 0.25) is 0 Å². The highest BCUT2D eigenvalue weighted by molar-refractivity contribution is 5.89. The lowest BCUT2D eigenvalue weighted by Crippen LogP contribution is -2.05. The number of carbonyl (C=O) groups excluding carboxylic acids is 1. The van der Waals surface area contributed by atoms with Crippen LogP contribution in [0.15, 0.2) is 48.8 Å². The average Bonchev–Trinajstić information content (AvgIpc) is 3.00. The van der Waals surface area contributed by atoms with Crippen molar-refractivity contribution >= 4 is 5.97 Å². The third-order valence-corrected chi connectivity index (χ3v) is 3.09. The van der Waals surface area contributed by atoms with Crippen LogP contribution in [0.4, 0.5) is 0 Å². The van der Waals surface area contributed by atoms with Crippen molar-refractivity contribution in [2.45, 2.75) is 6.61 Å². The molecule has 7 nitrogen and oxygen atoms in total. The molecule has 0 aliphatic heterocycles. The van der Waals surface area contributed by atoms with E-state index >= 15 is 0 Å². The third kappa shape index (κ3) is 2.98. The number of hydrogen-bond donors (Lipinski definition) is 0. The summed E-state index contributed by atoms with van der Waals surface area (Å²) >= 11 is 0. The summed E-state index contributed by atoms with van der Waals surface area (Å²) in [6.45, 7) is 0.196. The van der Waals surface area contributed by atoms with Gasteiger partial charge in [0, 0.05) is 30.6 Å². The number of rotatable bonds is 4. The molecule has 22 heavy (non-hydrogen) atoms. The molecule has 0 fully saturated rings. The van der Waals surface area contributed by atoms with Gasteiger partial charge in [-0.2, -0.15) is 0 Å². The minimum atomic E-state index is -0.383. The van der Waals surface area contributed by atoms with Crippen LogP contribution in [0.1, 0.15) is 15.9 Å². The second-order valence-electron chi connectivity index (χ2n) is 4.64. The maximum absolute atomic E-state index is 12.0. The third-order valence-electron chi connectivity index (χ3n) is 3.09. The van der Waals surface area contributed by atoms with Crippen LogP contribution in [0.2, 0.25) is 0 Å². The quantitative estimate of drug-likeness (QED) is 0.680. The zero-order valence-electron chi connectivity index (χ0n) is 11.9. The van der Waals surface area contributed by atoms with E-state index < -0.39 is 0 Å². The van der Waals surface area contributed by atoms with Gasteiger partial charge in [-0.25, -0.2) is 9.48 Å². The van der Waals surface area contributed by atoms with E-state index in [-0.39, 0.29) is 12.6 Å². The Kier molecular flexibility index (Phi) is 3.86. The lowest BCUT2D eigenvalue weighted by molar-refractivity contribution is 0.0472. The van der Waals surface area contributed by atoms with Crippen molar-refractivity contribution in [2.24, 2.45) is 7.05 Å². The summed E-state index contributed by atoms with van der Waals surface area (Å²) in [6, 6.07) is 10.6. The summed E-state index contributed by atoms with van der Waals surface area (Å²) in [5.74, 6) is 0.252. The van der Waals surface area contributed by atoms with Gasteiger partial charge in [0.1, 0.15) is 6.61 Å². The molecule has 0 aliphatic rings. The smallest absolute Gasteiger partial charge is 0.338 e. The lowest BCUT2D eigenvalue weighted by Gasteiger charge is -2.05. The number of nitrogens with zero attached hydrogens (tertiary/aromatic N) is 5. The monoisotopic (exact) mass is 295 g/mol. The van der Waals surface area contributed by atoms with Gasteiger partial charge in [-0.15, -0.1) is 5.10 Å². The molecule has 0 N–H and O–H groups in total. The molecular weight excluding hydrogens is 282 g/mol. The zero-order valence-corrected chi connectivity index (χ0v) is 11.9. The normalized spacial score (nSPS) is 10.4. The van der Waals surface area contributed by atoms with Crippen LogP contribution in [-0.2, 0) is 18.4 Å². The Balaban J connectivity index is 1.67. The Morgan fingerprint density at radius 2 is 2.05 bits per heavy atom. The fourth-order valence-electron chi connectivity index (χ4n) is 1.95. The van der Waals surface area contributed by atoms with Gasteiger partial charge in [0.15, 0.2) is 5.82 Å². The summed E-state index contributed by atoms with van der Waals surface area (Å²) in [5, 5.41) is 11.3. The highest BCUT2D eigenvalue weighted by Gasteiger charge is 2.10. The molecule has 0 bridgehead atoms. The van der Waals surface area contributed by atoms with Crippen LogP contribution in [0, 0.1) is 0 Å². The Labute approximate surface area is 126 Å². The molecule has 0 spiro atoms. The first kappa shape index (κ1) is 13.9. The molecule has 0 radical (unpaired) electrons. The lowest BCUT2D eigenvalue weighted by atomic mass is 10.1. The van der Waals surface area contributed by atoms with Crippen molar-refractivity contribution in [1.29, 1.82) is 0 Å². The predicted molar refractivity (Wildman–Crippen MR) is 77.6 cm³/mol. The summed E-state index contributed by atoms with van der Waals surface area (Å²) in [4.78, 5) is 16.0. The molecular formula is C15H13N5O2. The molecule has 2 aromatic heterocycles. The molecule has 0 saturated heterocycles. The Morgan fingerprint density at radius 1 is 1.23 bits per heavy atom. The molecule has 0 atom stereocenters. The van der Waals surface area contributed by atoms with E-state index in [9.17, 15) is 4.79 Å². The van der Waals surface area contributed by atoms with Crippen molar-refractivity contribution < 1.29 is 9.53 Å². The van der Waals surface area contributed by atoms with E-state index in [0.29, 0.717) is 11.4 Å². The number of benzene rings is 1. The van der Waals surface area contributed by atoms with E-state index in [4.69, 9.17) is 4.74 Å². The van der Waals surface area contributed by atoms with Crippen LogP contribution in [0.25, 0.3) is 11.4 Å². The van der Waals surface area contributed by atoms with E-state index in [2.05, 4.69) is 20.5 Å². The standard InChI is InChI=1S/C15H13N5O2/c1-20-14(17-18-19-20)12-4-6-13(7-5-12)15(21)22-10-11-3-2-8-16-9-11/h2-9H,10H2,1H3. The number of esters is 1. The highest BCUT2D eigenvalue weighted by atomic mass is 16.5. The van der Waals surface area contributed by atoms with Gasteiger partial charge in [0.25, 0.3) is 0 Å². The van der Waals surface area contributed by atoms with Crippen LogP contribution in [0.3, 0.4) is 0 Å². The van der Waals surface area contributed by atoms with Crippen molar-refractivity contribution in [3.05, 3.63) is 59.9 Å². The minimum Gasteiger partial charge on any atom is -0.457 e. The van der Waals surface area contributed by atoms with E-state index in [1.54, 1.807) is 54.5 Å². The molecule has 0 unspecified atom stereocenters. The summed E-state index contributed by atoms with van der Waals surface area (Å²) in [5.41, 5.74) is 2.15. The van der Waals surface area contributed by atoms with Crippen LogP contribution >= 0.6 is 0 Å². The van der Waals surface area contributed by atoms with Gasteiger partial charge in [0.05, 0.1) is 5.56 Å². The molecule has 0 aliphatic carbocycles. The number of pyridine rings is 1. The number of ether oxygens (including phenoxy) is 1. The van der Waals surface area contributed by atoms with Gasteiger partial charge >= 0.3 is 5.97 Å². The maximum atomic E-state index is 12.0. The second kappa shape index (κ2) is 6.13. The fourth-order valence-corrected chi connectivity index (χ4v) is 1.95. The molecule has 0 saturated carbocycles. The fraction of sp³-hybridized carbons (Fsp3) is 0.133. The van der Waals surface area contributed by atoms with Gasteiger partial charge in [-0.1, -0.05) is 18.2 Å². The Morgan fingerprint density at radius 3 is 2.68 bits per heavy atom. The first-order valence-electron chi connectivity index (χ1n) is 6.63.